The van der Waals surface area contributed by atoms with Crippen LogP contribution in [-0.4, -0.2) is 23.5 Å². The van der Waals surface area contributed by atoms with Crippen LogP contribution in [0, 0.1) is 23.7 Å². The molecule has 4 rings (SSSR count). The highest BCUT2D eigenvalue weighted by atomic mass is 35.5. The number of nitrogens with one attached hydrogen (secondary N) is 1. The summed E-state index contributed by atoms with van der Waals surface area (Å²) in [5, 5.41) is 13.1. The van der Waals surface area contributed by atoms with Crippen molar-refractivity contribution in [2.24, 2.45) is 23.7 Å². The van der Waals surface area contributed by atoms with Crippen molar-refractivity contribution in [1.82, 2.24) is 5.32 Å². The molecule has 0 saturated heterocycles. The number of halogens is 1. The first-order valence-electron chi connectivity index (χ1n) is 7.99. The Morgan fingerprint density at radius 1 is 1.17 bits per heavy atom. The molecular weight excluding hydrogens is 314 g/mol. The number of carboxylic acids is 1. The van der Waals surface area contributed by atoms with Crippen molar-refractivity contribution >= 4 is 23.5 Å². The van der Waals surface area contributed by atoms with Crippen LogP contribution in [0.1, 0.15) is 18.4 Å². The molecule has 4 nitrogen and oxygen atoms in total. The van der Waals surface area contributed by atoms with Gasteiger partial charge in [0.1, 0.15) is 0 Å². The molecule has 1 saturated carbocycles. The van der Waals surface area contributed by atoms with Gasteiger partial charge in [0, 0.05) is 11.6 Å². The summed E-state index contributed by atoms with van der Waals surface area (Å²) in [6, 6.07) is 7.53. The van der Waals surface area contributed by atoms with Crippen LogP contribution in [0.3, 0.4) is 0 Å². The second-order valence-corrected chi connectivity index (χ2v) is 6.79. The van der Waals surface area contributed by atoms with Gasteiger partial charge in [0.05, 0.1) is 11.8 Å². The largest absolute Gasteiger partial charge is 0.481 e. The van der Waals surface area contributed by atoms with Crippen LogP contribution in [0.5, 0.6) is 0 Å². The van der Waals surface area contributed by atoms with Crippen LogP contribution in [0.25, 0.3) is 0 Å². The molecule has 4 unspecified atom stereocenters. The number of hydrogen-bond acceptors (Lipinski definition) is 2. The van der Waals surface area contributed by atoms with Crippen LogP contribution >= 0.6 is 11.6 Å². The highest BCUT2D eigenvalue weighted by molar-refractivity contribution is 6.30. The fraction of sp³-hybridized carbons (Fsp3) is 0.444. The van der Waals surface area contributed by atoms with Gasteiger partial charge >= 0.3 is 5.97 Å². The first kappa shape index (κ1) is 16.1. The quantitative estimate of drug-likeness (QED) is 0.814. The van der Waals surface area contributed by atoms with Gasteiger partial charge in [-0.25, -0.2) is 0 Å². The average molecular weight is 334 g/mol. The third kappa shape index (κ3) is 3.42. The molecule has 0 spiro atoms. The maximum Gasteiger partial charge on any atom is 0.307 e. The van der Waals surface area contributed by atoms with E-state index in [1.165, 1.54) is 0 Å². The number of allylic oxidation sites excluding steroid dienone is 2. The number of amides is 1. The van der Waals surface area contributed by atoms with Crippen molar-refractivity contribution in [1.29, 1.82) is 0 Å². The van der Waals surface area contributed by atoms with Crippen molar-refractivity contribution in [2.45, 2.75) is 19.3 Å². The fourth-order valence-corrected chi connectivity index (χ4v) is 4.04. The third-order valence-electron chi connectivity index (χ3n) is 4.94. The molecule has 3 aliphatic carbocycles. The lowest BCUT2D eigenvalue weighted by molar-refractivity contribution is -0.152. The fourth-order valence-electron chi connectivity index (χ4n) is 3.83. The molecule has 0 aromatic heterocycles. The smallest absolute Gasteiger partial charge is 0.307 e. The Balaban J connectivity index is 1.61. The summed E-state index contributed by atoms with van der Waals surface area (Å²) in [6.45, 7) is 0.489. The van der Waals surface area contributed by atoms with Crippen LogP contribution in [0.4, 0.5) is 0 Å². The Kier molecular flexibility index (Phi) is 4.71. The molecule has 0 aliphatic heterocycles. The predicted molar refractivity (Wildman–Crippen MR) is 88.1 cm³/mol. The number of carboxylic acid groups (broad SMARTS) is 1. The maximum atomic E-state index is 12.5. The summed E-state index contributed by atoms with van der Waals surface area (Å²) < 4.78 is 0. The topological polar surface area (TPSA) is 66.4 Å². The predicted octanol–water partition coefficient (Wildman–Crippen LogP) is 2.91. The van der Waals surface area contributed by atoms with E-state index in [0.717, 1.165) is 18.4 Å². The number of aliphatic carboxylic acids is 1. The maximum absolute atomic E-state index is 12.5. The van der Waals surface area contributed by atoms with Gasteiger partial charge in [0.25, 0.3) is 0 Å². The number of carbonyl (C=O) groups excluding carboxylic acids is 1. The number of benzene rings is 1. The highest BCUT2D eigenvalue weighted by Gasteiger charge is 2.47. The van der Waals surface area contributed by atoms with Gasteiger partial charge in [-0.15, -0.1) is 0 Å². The van der Waals surface area contributed by atoms with Crippen molar-refractivity contribution in [2.75, 3.05) is 6.54 Å². The molecule has 122 valence electrons. The molecule has 0 heterocycles. The molecule has 23 heavy (non-hydrogen) atoms. The van der Waals surface area contributed by atoms with E-state index < -0.39 is 17.8 Å². The molecule has 2 bridgehead atoms. The van der Waals surface area contributed by atoms with Crippen LogP contribution in [0.15, 0.2) is 36.4 Å². The van der Waals surface area contributed by atoms with Gasteiger partial charge in [-0.1, -0.05) is 35.9 Å². The van der Waals surface area contributed by atoms with Crippen molar-refractivity contribution in [3.05, 3.63) is 47.0 Å². The summed E-state index contributed by atoms with van der Waals surface area (Å²) in [5.74, 6) is -2.01. The van der Waals surface area contributed by atoms with Gasteiger partial charge in [0.2, 0.25) is 5.91 Å². The first-order chi connectivity index (χ1) is 11.1. The van der Waals surface area contributed by atoms with E-state index in [2.05, 4.69) is 5.32 Å². The molecular formula is C18H20ClNO3. The van der Waals surface area contributed by atoms with E-state index in [0.29, 0.717) is 18.0 Å². The highest BCUT2D eigenvalue weighted by Crippen LogP contribution is 2.45. The lowest BCUT2D eigenvalue weighted by atomic mass is 9.62. The molecule has 4 atom stereocenters. The molecule has 1 fully saturated rings. The number of carbonyl (C=O) groups is 2. The summed E-state index contributed by atoms with van der Waals surface area (Å²) in [4.78, 5) is 24.1. The minimum Gasteiger partial charge on any atom is -0.481 e. The third-order valence-corrected chi connectivity index (χ3v) is 5.17. The summed E-state index contributed by atoms with van der Waals surface area (Å²) in [5.41, 5.74) is 1.05. The number of hydrogen-bond donors (Lipinski definition) is 2. The second-order valence-electron chi connectivity index (χ2n) is 6.35. The number of rotatable bonds is 5. The summed E-state index contributed by atoms with van der Waals surface area (Å²) in [6.07, 6.45) is 6.44. The number of fused-ring (bicyclic) bond motifs is 2. The molecule has 1 aromatic carbocycles. The molecule has 1 aromatic rings. The molecule has 0 radical (unpaired) electrons. The zero-order valence-corrected chi connectivity index (χ0v) is 13.5. The molecule has 3 aliphatic rings. The summed E-state index contributed by atoms with van der Waals surface area (Å²) in [7, 11) is 0. The zero-order chi connectivity index (χ0) is 16.4. The first-order valence-corrected chi connectivity index (χ1v) is 8.37. The standard InChI is InChI=1S/C18H20ClNO3/c19-14-3-1-2-11(10-14)8-9-20-17(21)15-12-4-6-13(7-5-12)16(15)18(22)23/h1-4,6,10,12-13,15-16H,5,7-9H2,(H,20,21)(H,22,23). The van der Waals surface area contributed by atoms with Gasteiger partial charge in [-0.3, -0.25) is 9.59 Å². The zero-order valence-electron chi connectivity index (χ0n) is 12.7. The van der Waals surface area contributed by atoms with E-state index in [9.17, 15) is 14.7 Å². The lowest BCUT2D eigenvalue weighted by Gasteiger charge is -2.41. The van der Waals surface area contributed by atoms with Crippen LogP contribution in [0.2, 0.25) is 5.02 Å². The Labute approximate surface area is 140 Å². The Bertz CT molecular complexity index is 643. The monoisotopic (exact) mass is 333 g/mol. The van der Waals surface area contributed by atoms with Crippen molar-refractivity contribution < 1.29 is 14.7 Å². The SMILES string of the molecule is O=C(O)C1C2C=CC(CC2)C1C(=O)NCCc1cccc(Cl)c1. The van der Waals surface area contributed by atoms with Crippen molar-refractivity contribution in [3.63, 3.8) is 0 Å². The van der Waals surface area contributed by atoms with Crippen molar-refractivity contribution in [3.8, 4) is 0 Å². The van der Waals surface area contributed by atoms with E-state index in [1.807, 2.05) is 36.4 Å². The van der Waals surface area contributed by atoms with E-state index in [-0.39, 0.29) is 17.7 Å². The van der Waals surface area contributed by atoms with Crippen LogP contribution < -0.4 is 5.32 Å². The van der Waals surface area contributed by atoms with E-state index in [4.69, 9.17) is 11.6 Å². The van der Waals surface area contributed by atoms with Gasteiger partial charge in [-0.05, 0) is 48.8 Å². The molecule has 5 heteroatoms. The average Bonchev–Trinajstić information content (AvgIpc) is 2.55. The Morgan fingerprint density at radius 3 is 2.48 bits per heavy atom. The van der Waals surface area contributed by atoms with Gasteiger partial charge in [0.15, 0.2) is 0 Å². The van der Waals surface area contributed by atoms with E-state index in [1.54, 1.807) is 0 Å². The van der Waals surface area contributed by atoms with E-state index >= 15 is 0 Å². The Hall–Kier alpha value is -1.81. The lowest BCUT2D eigenvalue weighted by Crippen LogP contribution is -2.49. The molecule has 2 N–H and O–H groups in total. The van der Waals surface area contributed by atoms with Gasteiger partial charge in [-0.2, -0.15) is 0 Å². The molecule has 1 amide bonds. The second kappa shape index (κ2) is 6.75. The Morgan fingerprint density at radius 2 is 1.87 bits per heavy atom. The van der Waals surface area contributed by atoms with Crippen LogP contribution in [-0.2, 0) is 16.0 Å². The van der Waals surface area contributed by atoms with Gasteiger partial charge < -0.3 is 10.4 Å². The minimum absolute atomic E-state index is 0.0128. The normalized spacial score (nSPS) is 28.6. The summed E-state index contributed by atoms with van der Waals surface area (Å²) >= 11 is 5.94. The minimum atomic E-state index is -0.862.